The van der Waals surface area contributed by atoms with Gasteiger partial charge in [0.05, 0.1) is 0 Å². The van der Waals surface area contributed by atoms with E-state index >= 15 is 0 Å². The average Bonchev–Trinajstić information content (AvgIpc) is 3.00. The quantitative estimate of drug-likeness (QED) is 0.693. The Bertz CT molecular complexity index is 964. The molecule has 1 atom stereocenters. The Kier molecular flexibility index (Phi) is 5.60. The van der Waals surface area contributed by atoms with E-state index in [0.29, 0.717) is 18.5 Å². The third kappa shape index (κ3) is 4.28. The summed E-state index contributed by atoms with van der Waals surface area (Å²) >= 11 is 0. The maximum atomic E-state index is 13.0. The number of hydrogen-bond acceptors (Lipinski definition) is 6. The second-order valence-electron chi connectivity index (χ2n) is 9.79. The zero-order valence-electron chi connectivity index (χ0n) is 18.9. The Labute approximate surface area is 187 Å². The van der Waals surface area contributed by atoms with Crippen LogP contribution in [0.3, 0.4) is 0 Å². The Balaban J connectivity index is 1.38. The van der Waals surface area contributed by atoms with Gasteiger partial charge in [0.1, 0.15) is 11.6 Å². The number of imide groups is 1. The van der Waals surface area contributed by atoms with E-state index in [-0.39, 0.29) is 36.4 Å². The fourth-order valence-corrected chi connectivity index (χ4v) is 4.45. The number of carbonyl (C=O) groups is 4. The van der Waals surface area contributed by atoms with Gasteiger partial charge in [-0.2, -0.15) is 0 Å². The number of nitrogens with zero attached hydrogens (tertiary/aromatic N) is 2. The van der Waals surface area contributed by atoms with Crippen molar-refractivity contribution >= 4 is 29.5 Å². The summed E-state index contributed by atoms with van der Waals surface area (Å²) in [6.45, 7) is 5.87. The monoisotopic (exact) mass is 442 g/mol. The van der Waals surface area contributed by atoms with Gasteiger partial charge in [-0.25, -0.2) is 4.79 Å². The number of piperidine rings is 1. The van der Waals surface area contributed by atoms with Crippen LogP contribution in [-0.4, -0.2) is 64.4 Å². The smallest absolute Gasteiger partial charge is 0.410 e. The topological polar surface area (TPSA) is 108 Å². The largest absolute Gasteiger partial charge is 0.444 e. The molecule has 1 unspecified atom stereocenters. The van der Waals surface area contributed by atoms with Gasteiger partial charge >= 0.3 is 6.09 Å². The first kappa shape index (κ1) is 22.1. The molecular formula is C23H30N4O5. The number of rotatable bonds is 4. The lowest BCUT2D eigenvalue weighted by Gasteiger charge is -2.42. The molecule has 172 valence electrons. The summed E-state index contributed by atoms with van der Waals surface area (Å²) in [7, 11) is 1.76. The zero-order chi connectivity index (χ0) is 23.2. The molecule has 3 aliphatic rings. The standard InChI is InChI=1S/C23H30N4O5/c1-23(2,3)32-22(31)26(4)14-10-13(11-14)24-17-7-5-6-15-16(17)12-27(21(15)30)18-8-9-19(28)25-20(18)29/h5-7,13-14,18,24H,8-12H2,1-4H3,(H,25,28,29)/t13-,14-,18?. The maximum Gasteiger partial charge on any atom is 0.410 e. The van der Waals surface area contributed by atoms with Crippen molar-refractivity contribution in [2.75, 3.05) is 12.4 Å². The molecule has 1 aromatic rings. The van der Waals surface area contributed by atoms with Crippen molar-refractivity contribution in [1.29, 1.82) is 0 Å². The molecule has 1 aromatic carbocycles. The van der Waals surface area contributed by atoms with Crippen molar-refractivity contribution in [2.45, 2.75) is 76.7 Å². The molecule has 9 heteroatoms. The second kappa shape index (κ2) is 8.11. The molecule has 2 N–H and O–H groups in total. The van der Waals surface area contributed by atoms with Crippen LogP contribution < -0.4 is 10.6 Å². The van der Waals surface area contributed by atoms with Crippen LogP contribution in [-0.2, 0) is 20.9 Å². The highest BCUT2D eigenvalue weighted by atomic mass is 16.6. The van der Waals surface area contributed by atoms with Crippen molar-refractivity contribution in [2.24, 2.45) is 0 Å². The molecule has 0 aromatic heterocycles. The van der Waals surface area contributed by atoms with Gasteiger partial charge in [0, 0.05) is 48.9 Å². The highest BCUT2D eigenvalue weighted by Gasteiger charge is 2.41. The van der Waals surface area contributed by atoms with Crippen molar-refractivity contribution in [3.05, 3.63) is 29.3 Å². The first-order chi connectivity index (χ1) is 15.0. The minimum Gasteiger partial charge on any atom is -0.444 e. The number of ether oxygens (including phenoxy) is 1. The van der Waals surface area contributed by atoms with E-state index in [1.165, 1.54) is 0 Å². The van der Waals surface area contributed by atoms with Crippen LogP contribution in [0, 0.1) is 0 Å². The molecule has 2 fully saturated rings. The molecule has 4 amide bonds. The Morgan fingerprint density at radius 3 is 2.59 bits per heavy atom. The first-order valence-corrected chi connectivity index (χ1v) is 11.0. The van der Waals surface area contributed by atoms with Gasteiger partial charge in [-0.15, -0.1) is 0 Å². The van der Waals surface area contributed by atoms with Gasteiger partial charge in [0.2, 0.25) is 11.8 Å². The summed E-state index contributed by atoms with van der Waals surface area (Å²) in [5.41, 5.74) is 1.79. The van der Waals surface area contributed by atoms with Crippen LogP contribution in [0.25, 0.3) is 0 Å². The minimum atomic E-state index is -0.629. The summed E-state index contributed by atoms with van der Waals surface area (Å²) in [6, 6.07) is 5.18. The highest BCUT2D eigenvalue weighted by molar-refractivity contribution is 6.06. The lowest BCUT2D eigenvalue weighted by Crippen LogP contribution is -2.52. The molecule has 0 radical (unpaired) electrons. The third-order valence-electron chi connectivity index (χ3n) is 6.28. The van der Waals surface area contributed by atoms with Gasteiger partial charge in [-0.3, -0.25) is 19.7 Å². The van der Waals surface area contributed by atoms with Gasteiger partial charge in [-0.1, -0.05) is 6.07 Å². The van der Waals surface area contributed by atoms with E-state index in [0.717, 1.165) is 24.1 Å². The lowest BCUT2D eigenvalue weighted by atomic mass is 9.85. The normalized spacial score (nSPS) is 25.1. The van der Waals surface area contributed by atoms with E-state index in [1.54, 1.807) is 22.9 Å². The molecule has 32 heavy (non-hydrogen) atoms. The molecule has 1 saturated heterocycles. The Morgan fingerprint density at radius 2 is 1.94 bits per heavy atom. The first-order valence-electron chi connectivity index (χ1n) is 11.0. The van der Waals surface area contributed by atoms with Gasteiger partial charge in [0.15, 0.2) is 0 Å². The molecule has 1 aliphatic carbocycles. The van der Waals surface area contributed by atoms with Gasteiger partial charge in [-0.05, 0) is 52.2 Å². The van der Waals surface area contributed by atoms with Crippen LogP contribution in [0.4, 0.5) is 10.5 Å². The van der Waals surface area contributed by atoms with Crippen molar-refractivity contribution in [1.82, 2.24) is 15.1 Å². The molecule has 9 nitrogen and oxygen atoms in total. The molecular weight excluding hydrogens is 412 g/mol. The van der Waals surface area contributed by atoms with Crippen molar-refractivity contribution < 1.29 is 23.9 Å². The molecule has 0 bridgehead atoms. The number of amides is 4. The molecule has 4 rings (SSSR count). The number of anilines is 1. The van der Waals surface area contributed by atoms with Crippen LogP contribution in [0.15, 0.2) is 18.2 Å². The summed E-state index contributed by atoms with van der Waals surface area (Å²) in [4.78, 5) is 52.1. The average molecular weight is 443 g/mol. The molecule has 2 aliphatic heterocycles. The van der Waals surface area contributed by atoms with Crippen LogP contribution in [0.2, 0.25) is 0 Å². The fourth-order valence-electron chi connectivity index (χ4n) is 4.45. The van der Waals surface area contributed by atoms with Crippen molar-refractivity contribution in [3.8, 4) is 0 Å². The number of benzene rings is 1. The van der Waals surface area contributed by atoms with Gasteiger partial charge < -0.3 is 19.9 Å². The summed E-state index contributed by atoms with van der Waals surface area (Å²) in [5, 5.41) is 5.83. The number of hydrogen-bond donors (Lipinski definition) is 2. The van der Waals surface area contributed by atoms with E-state index < -0.39 is 17.6 Å². The Hall–Kier alpha value is -3.10. The predicted molar refractivity (Wildman–Crippen MR) is 117 cm³/mol. The van der Waals surface area contributed by atoms with Crippen LogP contribution >= 0.6 is 0 Å². The van der Waals surface area contributed by atoms with Crippen LogP contribution in [0.1, 0.15) is 62.4 Å². The summed E-state index contributed by atoms with van der Waals surface area (Å²) < 4.78 is 5.44. The number of carbonyl (C=O) groups excluding carboxylic acids is 4. The molecule has 1 saturated carbocycles. The lowest BCUT2D eigenvalue weighted by molar-refractivity contribution is -0.136. The SMILES string of the molecule is CN(C(=O)OC(C)(C)C)[C@H]1C[C@H](Nc2cccc3c2CN(C2CCC(=O)NC2=O)C3=O)C1. The third-order valence-corrected chi connectivity index (χ3v) is 6.28. The maximum absolute atomic E-state index is 13.0. The van der Waals surface area contributed by atoms with E-state index in [4.69, 9.17) is 4.74 Å². The zero-order valence-corrected chi connectivity index (χ0v) is 18.9. The predicted octanol–water partition coefficient (Wildman–Crippen LogP) is 2.26. The Morgan fingerprint density at radius 1 is 1.22 bits per heavy atom. The number of fused-ring (bicyclic) bond motifs is 1. The van der Waals surface area contributed by atoms with E-state index in [9.17, 15) is 19.2 Å². The molecule has 2 heterocycles. The highest BCUT2D eigenvalue weighted by Crippen LogP contribution is 2.35. The van der Waals surface area contributed by atoms with Crippen molar-refractivity contribution in [3.63, 3.8) is 0 Å². The second-order valence-corrected chi connectivity index (χ2v) is 9.79. The van der Waals surface area contributed by atoms with Crippen LogP contribution in [0.5, 0.6) is 0 Å². The molecule has 0 spiro atoms. The van der Waals surface area contributed by atoms with E-state index in [1.807, 2.05) is 32.9 Å². The van der Waals surface area contributed by atoms with Gasteiger partial charge in [0.25, 0.3) is 5.91 Å². The fraction of sp³-hybridized carbons (Fsp3) is 0.565. The van der Waals surface area contributed by atoms with E-state index in [2.05, 4.69) is 10.6 Å². The summed E-state index contributed by atoms with van der Waals surface area (Å²) in [5.74, 6) is -0.896. The summed E-state index contributed by atoms with van der Waals surface area (Å²) in [6.07, 6.45) is 1.81. The number of nitrogens with one attached hydrogen (secondary N) is 2. The minimum absolute atomic E-state index is 0.0979.